The lowest BCUT2D eigenvalue weighted by molar-refractivity contribution is 0.249. The number of hydrogen-bond acceptors (Lipinski definition) is 4. The summed E-state index contributed by atoms with van der Waals surface area (Å²) in [7, 11) is 2.27. The summed E-state index contributed by atoms with van der Waals surface area (Å²) in [5.41, 5.74) is 0. The first-order chi connectivity index (χ1) is 8.79. The van der Waals surface area contributed by atoms with Crippen LogP contribution in [0.25, 0.3) is 0 Å². The number of nitrogens with one attached hydrogen (secondary N) is 1. The molecule has 18 heavy (non-hydrogen) atoms. The molecular formula is C14H27N3S. The third-order valence-corrected chi connectivity index (χ3v) is 5.23. The van der Waals surface area contributed by atoms with Gasteiger partial charge in [0.1, 0.15) is 0 Å². The monoisotopic (exact) mass is 269 g/mol. The predicted molar refractivity (Wildman–Crippen MR) is 81.5 cm³/mol. The van der Waals surface area contributed by atoms with Crippen molar-refractivity contribution in [1.29, 1.82) is 0 Å². The molecule has 2 rings (SSSR count). The number of thioether (sulfide) groups is 1. The number of hydrogen-bond donors (Lipinski definition) is 1. The predicted octanol–water partition coefficient (Wildman–Crippen LogP) is 2.72. The van der Waals surface area contributed by atoms with Gasteiger partial charge in [0.2, 0.25) is 0 Å². The van der Waals surface area contributed by atoms with E-state index in [0.717, 1.165) is 30.9 Å². The van der Waals surface area contributed by atoms with Gasteiger partial charge in [-0.2, -0.15) is 0 Å². The van der Waals surface area contributed by atoms with Crippen LogP contribution in [0.15, 0.2) is 4.99 Å². The molecule has 1 aliphatic carbocycles. The highest BCUT2D eigenvalue weighted by molar-refractivity contribution is 8.14. The molecule has 0 amide bonds. The zero-order valence-corrected chi connectivity index (χ0v) is 12.6. The van der Waals surface area contributed by atoms with Crippen LogP contribution in [0.4, 0.5) is 0 Å². The van der Waals surface area contributed by atoms with Crippen LogP contribution in [0.1, 0.15) is 45.4 Å². The van der Waals surface area contributed by atoms with Crippen LogP contribution in [-0.4, -0.2) is 48.0 Å². The topological polar surface area (TPSA) is 27.6 Å². The molecule has 1 N–H and O–H groups in total. The van der Waals surface area contributed by atoms with E-state index in [9.17, 15) is 0 Å². The van der Waals surface area contributed by atoms with Gasteiger partial charge in [-0.05, 0) is 26.3 Å². The van der Waals surface area contributed by atoms with Gasteiger partial charge in [-0.3, -0.25) is 4.99 Å². The van der Waals surface area contributed by atoms with E-state index in [2.05, 4.69) is 29.2 Å². The second kappa shape index (κ2) is 7.39. The highest BCUT2D eigenvalue weighted by Gasteiger charge is 2.20. The van der Waals surface area contributed by atoms with Crippen molar-refractivity contribution in [2.24, 2.45) is 4.99 Å². The molecule has 1 heterocycles. The molecule has 1 fully saturated rings. The van der Waals surface area contributed by atoms with Gasteiger partial charge in [0.15, 0.2) is 5.17 Å². The Hall–Kier alpha value is -0.220. The highest BCUT2D eigenvalue weighted by Crippen LogP contribution is 2.24. The second-order valence-electron chi connectivity index (χ2n) is 5.52. The van der Waals surface area contributed by atoms with Crippen LogP contribution in [0, 0.1) is 0 Å². The number of nitrogens with zero attached hydrogens (tertiary/aromatic N) is 2. The molecule has 2 aliphatic rings. The van der Waals surface area contributed by atoms with E-state index >= 15 is 0 Å². The third kappa shape index (κ3) is 4.16. The Kier molecular flexibility index (Phi) is 5.83. The lowest BCUT2D eigenvalue weighted by Crippen LogP contribution is -2.36. The maximum absolute atomic E-state index is 4.58. The van der Waals surface area contributed by atoms with Crippen LogP contribution in [-0.2, 0) is 0 Å². The molecular weight excluding hydrogens is 242 g/mol. The fourth-order valence-electron chi connectivity index (χ4n) is 2.85. The van der Waals surface area contributed by atoms with E-state index in [1.807, 2.05) is 11.8 Å². The molecule has 1 aliphatic heterocycles. The summed E-state index contributed by atoms with van der Waals surface area (Å²) in [5, 5.41) is 5.40. The molecule has 1 unspecified atom stereocenters. The van der Waals surface area contributed by atoms with Gasteiger partial charge in [-0.15, -0.1) is 0 Å². The Balaban J connectivity index is 1.58. The minimum Gasteiger partial charge on any atom is -0.364 e. The summed E-state index contributed by atoms with van der Waals surface area (Å²) in [5.74, 6) is 0. The lowest BCUT2D eigenvalue weighted by atomic mass is 10.2. The zero-order chi connectivity index (χ0) is 12.8. The van der Waals surface area contributed by atoms with E-state index in [1.165, 1.54) is 43.7 Å². The number of likely N-dealkylation sites (N-methyl/N-ethyl adjacent to an activating group) is 1. The van der Waals surface area contributed by atoms with E-state index in [4.69, 9.17) is 0 Å². The van der Waals surface area contributed by atoms with Crippen molar-refractivity contribution < 1.29 is 0 Å². The molecule has 0 aromatic rings. The van der Waals surface area contributed by atoms with Gasteiger partial charge >= 0.3 is 0 Å². The molecule has 0 aromatic heterocycles. The molecule has 1 saturated carbocycles. The molecule has 0 saturated heterocycles. The normalized spacial score (nSPS) is 24.8. The maximum Gasteiger partial charge on any atom is 0.156 e. The van der Waals surface area contributed by atoms with Crippen LogP contribution in [0.5, 0.6) is 0 Å². The zero-order valence-electron chi connectivity index (χ0n) is 11.8. The van der Waals surface area contributed by atoms with Crippen molar-refractivity contribution >= 4 is 16.9 Å². The van der Waals surface area contributed by atoms with Crippen LogP contribution in [0.2, 0.25) is 0 Å². The number of rotatable bonds is 6. The van der Waals surface area contributed by atoms with E-state index in [-0.39, 0.29) is 0 Å². The molecule has 0 spiro atoms. The molecule has 104 valence electrons. The summed E-state index contributed by atoms with van der Waals surface area (Å²) in [6.45, 7) is 5.45. The minimum absolute atomic E-state index is 0.727. The summed E-state index contributed by atoms with van der Waals surface area (Å²) in [4.78, 5) is 7.10. The summed E-state index contributed by atoms with van der Waals surface area (Å²) in [6.07, 6.45) is 8.19. The minimum atomic E-state index is 0.727. The van der Waals surface area contributed by atoms with Crippen LogP contribution in [0.3, 0.4) is 0 Å². The van der Waals surface area contributed by atoms with Crippen molar-refractivity contribution in [2.45, 2.75) is 56.7 Å². The fraction of sp³-hybridized carbons (Fsp3) is 0.929. The van der Waals surface area contributed by atoms with Crippen LogP contribution < -0.4 is 5.32 Å². The number of aliphatic imine (C=N–C) groups is 1. The standard InChI is InChI=1S/C14H27N3S/c1-3-6-13-11-16-14(18-13)15-9-10-17(2)12-7-4-5-8-12/h12-13H,3-11H2,1-2H3,(H,15,16). The Morgan fingerprint density at radius 3 is 2.89 bits per heavy atom. The Labute approximate surface area is 116 Å². The lowest BCUT2D eigenvalue weighted by Gasteiger charge is -2.24. The fourth-order valence-corrected chi connectivity index (χ4v) is 4.01. The van der Waals surface area contributed by atoms with Crippen molar-refractivity contribution in [3.05, 3.63) is 0 Å². The van der Waals surface area contributed by atoms with E-state index in [0.29, 0.717) is 0 Å². The second-order valence-corrected chi connectivity index (χ2v) is 6.81. The SMILES string of the molecule is CCCC1CN=C(NCCN(C)C2CCCC2)S1. The highest BCUT2D eigenvalue weighted by atomic mass is 32.2. The van der Waals surface area contributed by atoms with Crippen molar-refractivity contribution in [2.75, 3.05) is 26.7 Å². The third-order valence-electron chi connectivity index (χ3n) is 4.02. The first kappa shape index (κ1) is 14.2. The van der Waals surface area contributed by atoms with Gasteiger partial charge in [0.05, 0.1) is 6.54 Å². The maximum atomic E-state index is 4.58. The Bertz CT molecular complexity index is 274. The van der Waals surface area contributed by atoms with E-state index in [1.54, 1.807) is 0 Å². The molecule has 3 nitrogen and oxygen atoms in total. The Morgan fingerprint density at radius 1 is 1.39 bits per heavy atom. The van der Waals surface area contributed by atoms with Crippen molar-refractivity contribution in [3.63, 3.8) is 0 Å². The van der Waals surface area contributed by atoms with Gasteiger partial charge in [-0.1, -0.05) is 37.9 Å². The average Bonchev–Trinajstić information content (AvgIpc) is 3.00. The van der Waals surface area contributed by atoms with Crippen molar-refractivity contribution in [1.82, 2.24) is 10.2 Å². The summed E-state index contributed by atoms with van der Waals surface area (Å²) < 4.78 is 0. The van der Waals surface area contributed by atoms with Gasteiger partial charge in [0, 0.05) is 24.4 Å². The smallest absolute Gasteiger partial charge is 0.156 e. The average molecular weight is 269 g/mol. The molecule has 0 aromatic carbocycles. The van der Waals surface area contributed by atoms with E-state index < -0.39 is 0 Å². The summed E-state index contributed by atoms with van der Waals surface area (Å²) in [6, 6.07) is 0.831. The molecule has 1 atom stereocenters. The molecule has 0 radical (unpaired) electrons. The summed E-state index contributed by atoms with van der Waals surface area (Å²) >= 11 is 1.94. The molecule has 4 heteroatoms. The molecule has 0 bridgehead atoms. The van der Waals surface area contributed by atoms with Crippen molar-refractivity contribution in [3.8, 4) is 0 Å². The Morgan fingerprint density at radius 2 is 2.17 bits per heavy atom. The van der Waals surface area contributed by atoms with Gasteiger partial charge < -0.3 is 10.2 Å². The quantitative estimate of drug-likeness (QED) is 0.803. The van der Waals surface area contributed by atoms with Crippen LogP contribution >= 0.6 is 11.8 Å². The largest absolute Gasteiger partial charge is 0.364 e. The van der Waals surface area contributed by atoms with Gasteiger partial charge in [0.25, 0.3) is 0 Å². The number of amidine groups is 1. The van der Waals surface area contributed by atoms with Gasteiger partial charge in [-0.25, -0.2) is 0 Å². The first-order valence-electron chi connectivity index (χ1n) is 7.44. The first-order valence-corrected chi connectivity index (χ1v) is 8.32.